The molecule has 0 aliphatic rings. The standard InChI is InChI=1S/C19H23N3O5/c1-2-3-9-15(18(25)26)20-16(23)13-22-17(24)10-11-21(19(22)27)12-14-7-5-4-6-8-14/h4-8,10-11,15H,2-3,9,12-13H2,1H3,(H,20,23)(H,25,26). The average Bonchev–Trinajstić information content (AvgIpc) is 2.65. The number of carboxylic acids is 1. The van der Waals surface area contributed by atoms with Gasteiger partial charge in [-0.2, -0.15) is 0 Å². The second-order valence-electron chi connectivity index (χ2n) is 6.24. The predicted molar refractivity (Wildman–Crippen MR) is 99.6 cm³/mol. The third-order valence-corrected chi connectivity index (χ3v) is 4.12. The van der Waals surface area contributed by atoms with Gasteiger partial charge in [-0.05, 0) is 12.0 Å². The number of hydrogen-bond donors (Lipinski definition) is 2. The fourth-order valence-corrected chi connectivity index (χ4v) is 2.65. The summed E-state index contributed by atoms with van der Waals surface area (Å²) in [6, 6.07) is 9.40. The van der Waals surface area contributed by atoms with Crippen LogP contribution in [0.1, 0.15) is 31.7 Å². The van der Waals surface area contributed by atoms with Gasteiger partial charge >= 0.3 is 11.7 Å². The van der Waals surface area contributed by atoms with Crippen LogP contribution >= 0.6 is 0 Å². The van der Waals surface area contributed by atoms with Gasteiger partial charge in [0.05, 0.1) is 6.54 Å². The van der Waals surface area contributed by atoms with Gasteiger partial charge in [-0.15, -0.1) is 0 Å². The highest BCUT2D eigenvalue weighted by atomic mass is 16.4. The Morgan fingerprint density at radius 1 is 1.15 bits per heavy atom. The first-order valence-electron chi connectivity index (χ1n) is 8.78. The molecule has 0 radical (unpaired) electrons. The van der Waals surface area contributed by atoms with E-state index in [2.05, 4.69) is 5.32 Å². The lowest BCUT2D eigenvalue weighted by atomic mass is 10.1. The fourth-order valence-electron chi connectivity index (χ4n) is 2.65. The van der Waals surface area contributed by atoms with Crippen LogP contribution in [-0.2, 0) is 22.7 Å². The minimum absolute atomic E-state index is 0.260. The summed E-state index contributed by atoms with van der Waals surface area (Å²) in [5.74, 6) is -1.83. The minimum atomic E-state index is -1.14. The summed E-state index contributed by atoms with van der Waals surface area (Å²) in [6.45, 7) is 1.65. The summed E-state index contributed by atoms with van der Waals surface area (Å²) in [5, 5.41) is 11.6. The van der Waals surface area contributed by atoms with Crippen LogP contribution in [-0.4, -0.2) is 32.2 Å². The van der Waals surface area contributed by atoms with Crippen molar-refractivity contribution in [3.63, 3.8) is 0 Å². The molecule has 1 atom stereocenters. The number of amides is 1. The quantitative estimate of drug-likeness (QED) is 0.676. The van der Waals surface area contributed by atoms with Crippen LogP contribution in [0.3, 0.4) is 0 Å². The van der Waals surface area contributed by atoms with Crippen molar-refractivity contribution < 1.29 is 14.7 Å². The Hall–Kier alpha value is -3.16. The minimum Gasteiger partial charge on any atom is -0.480 e. The molecule has 0 spiro atoms. The third kappa shape index (κ3) is 5.67. The van der Waals surface area contributed by atoms with Gasteiger partial charge < -0.3 is 10.4 Å². The number of nitrogens with one attached hydrogen (secondary N) is 1. The topological polar surface area (TPSA) is 110 Å². The van der Waals surface area contributed by atoms with Crippen LogP contribution in [0.4, 0.5) is 0 Å². The van der Waals surface area contributed by atoms with Crippen LogP contribution in [0, 0.1) is 0 Å². The third-order valence-electron chi connectivity index (χ3n) is 4.12. The molecule has 2 rings (SSSR count). The summed E-state index contributed by atoms with van der Waals surface area (Å²) in [6.07, 6.45) is 3.11. The van der Waals surface area contributed by atoms with Crippen molar-refractivity contribution in [2.45, 2.75) is 45.3 Å². The van der Waals surface area contributed by atoms with E-state index in [1.807, 2.05) is 37.3 Å². The molecule has 0 bridgehead atoms. The van der Waals surface area contributed by atoms with E-state index in [9.17, 15) is 24.3 Å². The van der Waals surface area contributed by atoms with E-state index in [1.165, 1.54) is 16.8 Å². The van der Waals surface area contributed by atoms with Crippen molar-refractivity contribution in [3.8, 4) is 0 Å². The first-order valence-corrected chi connectivity index (χ1v) is 8.78. The molecular weight excluding hydrogens is 350 g/mol. The fraction of sp³-hybridized carbons (Fsp3) is 0.368. The number of carbonyl (C=O) groups excluding carboxylic acids is 1. The lowest BCUT2D eigenvalue weighted by Gasteiger charge is -2.15. The molecule has 0 fully saturated rings. The number of aliphatic carboxylic acids is 1. The number of nitrogens with zero attached hydrogens (tertiary/aromatic N) is 2. The lowest BCUT2D eigenvalue weighted by molar-refractivity contribution is -0.142. The number of benzene rings is 1. The Bertz CT molecular complexity index is 902. The molecule has 8 nitrogen and oxygen atoms in total. The monoisotopic (exact) mass is 373 g/mol. The van der Waals surface area contributed by atoms with Crippen molar-refractivity contribution in [3.05, 3.63) is 69.0 Å². The van der Waals surface area contributed by atoms with Crippen LogP contribution < -0.4 is 16.6 Å². The van der Waals surface area contributed by atoms with Crippen LogP contribution in [0.15, 0.2) is 52.2 Å². The highest BCUT2D eigenvalue weighted by Gasteiger charge is 2.20. The Morgan fingerprint density at radius 2 is 1.85 bits per heavy atom. The molecular formula is C19H23N3O5. The van der Waals surface area contributed by atoms with Gasteiger partial charge in [-0.1, -0.05) is 50.1 Å². The van der Waals surface area contributed by atoms with Gasteiger partial charge in [0.25, 0.3) is 5.56 Å². The van der Waals surface area contributed by atoms with Crippen molar-refractivity contribution in [1.82, 2.24) is 14.5 Å². The first-order chi connectivity index (χ1) is 12.9. The van der Waals surface area contributed by atoms with Crippen LogP contribution in [0.25, 0.3) is 0 Å². The number of aromatic nitrogens is 2. The molecule has 1 unspecified atom stereocenters. The molecule has 0 aliphatic carbocycles. The van der Waals surface area contributed by atoms with Crippen molar-refractivity contribution >= 4 is 11.9 Å². The van der Waals surface area contributed by atoms with Gasteiger partial charge in [-0.25, -0.2) is 9.59 Å². The van der Waals surface area contributed by atoms with Crippen LogP contribution in [0.2, 0.25) is 0 Å². The molecule has 1 aromatic heterocycles. The van der Waals surface area contributed by atoms with Crippen molar-refractivity contribution in [2.75, 3.05) is 0 Å². The molecule has 1 amide bonds. The summed E-state index contributed by atoms with van der Waals surface area (Å²) in [7, 11) is 0. The number of rotatable bonds is 9. The number of carboxylic acid groups (broad SMARTS) is 1. The Morgan fingerprint density at radius 3 is 2.48 bits per heavy atom. The maximum Gasteiger partial charge on any atom is 0.331 e. The van der Waals surface area contributed by atoms with Crippen LogP contribution in [0.5, 0.6) is 0 Å². The summed E-state index contributed by atoms with van der Waals surface area (Å²) < 4.78 is 2.13. The zero-order valence-corrected chi connectivity index (χ0v) is 15.1. The second-order valence-corrected chi connectivity index (χ2v) is 6.24. The van der Waals surface area contributed by atoms with Crippen molar-refractivity contribution in [2.24, 2.45) is 0 Å². The molecule has 1 heterocycles. The Labute approximate surface area is 156 Å². The largest absolute Gasteiger partial charge is 0.480 e. The summed E-state index contributed by atoms with van der Waals surface area (Å²) in [5.41, 5.74) is -0.360. The molecule has 144 valence electrons. The number of hydrogen-bond acceptors (Lipinski definition) is 4. The van der Waals surface area contributed by atoms with Gasteiger partial charge in [0.1, 0.15) is 12.6 Å². The predicted octanol–water partition coefficient (Wildman–Crippen LogP) is 0.818. The SMILES string of the molecule is CCCCC(NC(=O)Cn1c(=O)ccn(Cc2ccccc2)c1=O)C(=O)O. The molecule has 0 saturated heterocycles. The summed E-state index contributed by atoms with van der Waals surface area (Å²) in [4.78, 5) is 48.0. The van der Waals surface area contributed by atoms with E-state index in [0.717, 1.165) is 16.6 Å². The summed E-state index contributed by atoms with van der Waals surface area (Å²) >= 11 is 0. The molecule has 1 aromatic carbocycles. The van der Waals surface area contributed by atoms with Gasteiger partial charge in [-0.3, -0.25) is 18.7 Å². The Balaban J connectivity index is 2.16. The van der Waals surface area contributed by atoms with Gasteiger partial charge in [0.15, 0.2) is 0 Å². The van der Waals surface area contributed by atoms with E-state index in [4.69, 9.17) is 0 Å². The normalized spacial score (nSPS) is 11.7. The number of unbranched alkanes of at least 4 members (excludes halogenated alkanes) is 1. The molecule has 2 N–H and O–H groups in total. The van der Waals surface area contributed by atoms with E-state index < -0.39 is 35.7 Å². The maximum absolute atomic E-state index is 12.6. The molecule has 0 aliphatic heterocycles. The highest BCUT2D eigenvalue weighted by molar-refractivity contribution is 5.83. The lowest BCUT2D eigenvalue weighted by Crippen LogP contribution is -2.47. The van der Waals surface area contributed by atoms with E-state index in [-0.39, 0.29) is 6.54 Å². The first kappa shape index (κ1) is 20.2. The second kappa shape index (κ2) is 9.51. The molecule has 0 saturated carbocycles. The molecule has 27 heavy (non-hydrogen) atoms. The van der Waals surface area contributed by atoms with E-state index >= 15 is 0 Å². The van der Waals surface area contributed by atoms with E-state index in [0.29, 0.717) is 12.8 Å². The zero-order valence-electron chi connectivity index (χ0n) is 15.1. The number of carbonyl (C=O) groups is 2. The van der Waals surface area contributed by atoms with Gasteiger partial charge in [0, 0.05) is 12.3 Å². The smallest absolute Gasteiger partial charge is 0.331 e. The molecule has 8 heteroatoms. The van der Waals surface area contributed by atoms with E-state index in [1.54, 1.807) is 0 Å². The highest BCUT2D eigenvalue weighted by Crippen LogP contribution is 2.01. The van der Waals surface area contributed by atoms with Gasteiger partial charge in [0.2, 0.25) is 5.91 Å². The maximum atomic E-state index is 12.6. The zero-order chi connectivity index (χ0) is 19.8. The average molecular weight is 373 g/mol. The van der Waals surface area contributed by atoms with Crippen molar-refractivity contribution in [1.29, 1.82) is 0 Å². The Kier molecular flexibility index (Phi) is 7.10. The molecule has 2 aromatic rings.